The third-order valence-electron chi connectivity index (χ3n) is 5.34. The number of benzene rings is 1. The van der Waals surface area contributed by atoms with Gasteiger partial charge in [-0.3, -0.25) is 14.8 Å². The van der Waals surface area contributed by atoms with Crippen molar-refractivity contribution in [2.75, 3.05) is 11.9 Å². The van der Waals surface area contributed by atoms with Gasteiger partial charge < -0.3 is 14.5 Å². The van der Waals surface area contributed by atoms with E-state index in [1.54, 1.807) is 29.6 Å². The van der Waals surface area contributed by atoms with Gasteiger partial charge in [0.25, 0.3) is 0 Å². The first kappa shape index (κ1) is 28.7. The molecule has 0 unspecified atom stereocenters. The number of hydrogen-bond donors (Lipinski definition) is 3. The molecule has 0 bridgehead atoms. The first-order chi connectivity index (χ1) is 17.7. The zero-order valence-corrected chi connectivity index (χ0v) is 23.0. The molecule has 2 heterocycles. The van der Waals surface area contributed by atoms with E-state index in [0.29, 0.717) is 29.8 Å². The van der Waals surface area contributed by atoms with Crippen LogP contribution >= 0.6 is 23.1 Å². The van der Waals surface area contributed by atoms with E-state index in [0.717, 1.165) is 47.0 Å². The summed E-state index contributed by atoms with van der Waals surface area (Å²) in [6, 6.07) is 7.49. The van der Waals surface area contributed by atoms with Crippen molar-refractivity contribution in [1.82, 2.24) is 15.4 Å². The molecule has 9 nitrogen and oxygen atoms in total. The number of carbonyl (C=O) groups is 2. The maximum atomic E-state index is 12.5. The lowest BCUT2D eigenvalue weighted by Gasteiger charge is -2.12. The minimum atomic E-state index is -0.353. The van der Waals surface area contributed by atoms with Gasteiger partial charge >= 0.3 is 0 Å². The van der Waals surface area contributed by atoms with Crippen molar-refractivity contribution in [2.24, 2.45) is 0 Å². The highest BCUT2D eigenvalue weighted by molar-refractivity contribution is 8.00. The minimum Gasteiger partial charge on any atom is -0.494 e. The highest BCUT2D eigenvalue weighted by Gasteiger charge is 2.19. The second-order valence-electron chi connectivity index (χ2n) is 9.56. The van der Waals surface area contributed by atoms with Gasteiger partial charge in [0.05, 0.1) is 35.4 Å². The lowest BCUT2D eigenvalue weighted by molar-refractivity contribution is -0.129. The Balaban J connectivity index is 1.34. The Morgan fingerprint density at radius 3 is 2.51 bits per heavy atom. The lowest BCUT2D eigenvalue weighted by Crippen LogP contribution is -2.17. The number of unbranched alkanes of at least 4 members (excludes halogenated alkanes) is 3. The summed E-state index contributed by atoms with van der Waals surface area (Å²) < 4.78 is 12.5. The molecule has 2 aromatic heterocycles. The number of amides is 2. The minimum absolute atomic E-state index is 0.0741. The molecule has 3 aromatic rings. The molecule has 0 atom stereocenters. The van der Waals surface area contributed by atoms with Crippen LogP contribution in [0, 0.1) is 0 Å². The van der Waals surface area contributed by atoms with Gasteiger partial charge in [-0.2, -0.15) is 0 Å². The van der Waals surface area contributed by atoms with Crippen LogP contribution in [0.5, 0.6) is 5.75 Å². The zero-order chi connectivity index (χ0) is 26.7. The number of thioether (sulfide) groups is 1. The topological polar surface area (TPSA) is 127 Å². The number of hydroxylamine groups is 1. The normalized spacial score (nSPS) is 11.4. The van der Waals surface area contributed by atoms with Crippen molar-refractivity contribution in [1.29, 1.82) is 0 Å². The Kier molecular flexibility index (Phi) is 11.0. The van der Waals surface area contributed by atoms with Gasteiger partial charge in [0, 0.05) is 11.8 Å². The number of ether oxygens (including phenoxy) is 1. The van der Waals surface area contributed by atoms with Gasteiger partial charge in [-0.05, 0) is 30.5 Å². The van der Waals surface area contributed by atoms with Crippen LogP contribution in [0.2, 0.25) is 0 Å². The predicted molar refractivity (Wildman–Crippen MR) is 144 cm³/mol. The Hall–Kier alpha value is -2.89. The van der Waals surface area contributed by atoms with Crippen molar-refractivity contribution in [3.63, 3.8) is 0 Å². The Bertz CT molecular complexity index is 1140. The van der Waals surface area contributed by atoms with Crippen LogP contribution in [0.25, 0.3) is 0 Å². The van der Waals surface area contributed by atoms with Crippen molar-refractivity contribution >= 4 is 40.0 Å². The molecule has 0 fully saturated rings. The largest absolute Gasteiger partial charge is 0.494 e. The molecule has 0 saturated carbocycles. The number of thiazole rings is 1. The molecule has 3 N–H and O–H groups in total. The second kappa shape index (κ2) is 14.2. The molecule has 11 heteroatoms. The van der Waals surface area contributed by atoms with Crippen LogP contribution < -0.4 is 15.5 Å². The van der Waals surface area contributed by atoms with E-state index >= 15 is 0 Å². The molecule has 0 aliphatic rings. The van der Waals surface area contributed by atoms with E-state index < -0.39 is 0 Å². The van der Waals surface area contributed by atoms with Crippen LogP contribution in [0.1, 0.15) is 70.1 Å². The number of hydrogen-bond acceptors (Lipinski definition) is 9. The SMILES string of the molecule is CC(C)(C)c1cnc(CSc2cnc(NC(=O)Cc3ccc(OCCCCCCC(=O)NO)cc3)s2)o1. The molecule has 200 valence electrons. The summed E-state index contributed by atoms with van der Waals surface area (Å²) in [5.74, 6) is 2.41. The van der Waals surface area contributed by atoms with Gasteiger partial charge in [-0.15, -0.1) is 11.8 Å². The quantitative estimate of drug-likeness (QED) is 0.101. The Morgan fingerprint density at radius 1 is 1.05 bits per heavy atom. The molecular formula is C26H34N4O5S2. The zero-order valence-electron chi connectivity index (χ0n) is 21.4. The van der Waals surface area contributed by atoms with Crippen molar-refractivity contribution in [3.8, 4) is 5.75 Å². The van der Waals surface area contributed by atoms with E-state index in [1.165, 1.54) is 11.3 Å². The molecular weight excluding hydrogens is 512 g/mol. The molecule has 0 aliphatic carbocycles. The number of nitrogens with zero attached hydrogens (tertiary/aromatic N) is 2. The van der Waals surface area contributed by atoms with Crippen LogP contribution in [0.4, 0.5) is 5.13 Å². The number of aromatic nitrogens is 2. The first-order valence-electron chi connectivity index (χ1n) is 12.2. The average Bonchev–Trinajstić information content (AvgIpc) is 3.52. The Labute approximate surface area is 225 Å². The Morgan fingerprint density at radius 2 is 1.81 bits per heavy atom. The third kappa shape index (κ3) is 10.2. The van der Waals surface area contributed by atoms with E-state index in [2.05, 4.69) is 36.1 Å². The molecule has 0 saturated heterocycles. The fourth-order valence-corrected chi connectivity index (χ4v) is 5.02. The number of oxazole rings is 1. The van der Waals surface area contributed by atoms with E-state index in [4.69, 9.17) is 14.4 Å². The van der Waals surface area contributed by atoms with Crippen molar-refractivity contribution in [3.05, 3.63) is 53.9 Å². The summed E-state index contributed by atoms with van der Waals surface area (Å²) >= 11 is 3.00. The molecule has 0 radical (unpaired) electrons. The van der Waals surface area contributed by atoms with Gasteiger partial charge in [-0.25, -0.2) is 15.4 Å². The summed E-state index contributed by atoms with van der Waals surface area (Å²) in [6.45, 7) is 6.84. The first-order valence-corrected chi connectivity index (χ1v) is 14.0. The summed E-state index contributed by atoms with van der Waals surface area (Å²) in [4.78, 5) is 32.1. The number of rotatable bonds is 14. The van der Waals surface area contributed by atoms with Crippen molar-refractivity contribution < 1.29 is 24.0 Å². The van der Waals surface area contributed by atoms with Crippen LogP contribution in [-0.4, -0.2) is 33.6 Å². The van der Waals surface area contributed by atoms with Crippen molar-refractivity contribution in [2.45, 2.75) is 74.7 Å². The summed E-state index contributed by atoms with van der Waals surface area (Å²) in [6.07, 6.45) is 7.58. The summed E-state index contributed by atoms with van der Waals surface area (Å²) in [7, 11) is 0. The number of carbonyl (C=O) groups excluding carboxylic acids is 2. The van der Waals surface area contributed by atoms with Crippen LogP contribution in [0.3, 0.4) is 0 Å². The molecule has 0 aliphatic heterocycles. The van der Waals surface area contributed by atoms with E-state index in [-0.39, 0.29) is 23.7 Å². The number of anilines is 1. The van der Waals surface area contributed by atoms with Gasteiger partial charge in [-0.1, -0.05) is 57.1 Å². The van der Waals surface area contributed by atoms with E-state index in [9.17, 15) is 9.59 Å². The van der Waals surface area contributed by atoms with Crippen LogP contribution in [0.15, 0.2) is 45.3 Å². The molecule has 1 aromatic carbocycles. The summed E-state index contributed by atoms with van der Waals surface area (Å²) in [5, 5.41) is 11.9. The lowest BCUT2D eigenvalue weighted by atomic mass is 9.94. The van der Waals surface area contributed by atoms with Gasteiger partial charge in [0.15, 0.2) is 5.13 Å². The fraction of sp³-hybridized carbons (Fsp3) is 0.462. The highest BCUT2D eigenvalue weighted by atomic mass is 32.2. The summed E-state index contributed by atoms with van der Waals surface area (Å²) in [5.41, 5.74) is 2.45. The second-order valence-corrected chi connectivity index (χ2v) is 11.9. The predicted octanol–water partition coefficient (Wildman–Crippen LogP) is 5.74. The molecule has 0 spiro atoms. The maximum Gasteiger partial charge on any atom is 0.243 e. The maximum absolute atomic E-state index is 12.5. The van der Waals surface area contributed by atoms with Crippen LogP contribution in [-0.2, 0) is 27.2 Å². The highest BCUT2D eigenvalue weighted by Crippen LogP contribution is 2.31. The standard InChI is InChI=1S/C26H34N4O5S2/c1-26(2,3)20-15-27-23(35-20)17-36-24-16-28-25(37-24)29-22(32)14-18-9-11-19(12-10-18)34-13-7-5-4-6-8-21(31)30-33/h9-12,15-16,33H,4-8,13-14,17H2,1-3H3,(H,30,31)(H,28,29,32). The molecule has 2 amide bonds. The average molecular weight is 547 g/mol. The van der Waals surface area contributed by atoms with Gasteiger partial charge in [0.1, 0.15) is 11.5 Å². The third-order valence-corrected chi connectivity index (χ3v) is 7.43. The smallest absolute Gasteiger partial charge is 0.243 e. The van der Waals surface area contributed by atoms with Gasteiger partial charge in [0.2, 0.25) is 17.7 Å². The number of nitrogens with one attached hydrogen (secondary N) is 2. The molecule has 3 rings (SSSR count). The fourth-order valence-electron chi connectivity index (χ4n) is 3.28. The molecule has 37 heavy (non-hydrogen) atoms. The monoisotopic (exact) mass is 546 g/mol. The van der Waals surface area contributed by atoms with E-state index in [1.807, 2.05) is 24.3 Å².